The molecule has 0 radical (unpaired) electrons. The van der Waals surface area contributed by atoms with Gasteiger partial charge in [-0.25, -0.2) is 0 Å². The zero-order chi connectivity index (χ0) is 29.5. The molecule has 44 heavy (non-hydrogen) atoms. The molecule has 0 fully saturated rings. The lowest BCUT2D eigenvalue weighted by molar-refractivity contribution is 0.642. The lowest BCUT2D eigenvalue weighted by Crippen LogP contribution is -2.14. The van der Waals surface area contributed by atoms with Crippen LogP contribution in [0.2, 0.25) is 0 Å². The largest absolute Gasteiger partial charge is 0.354 e. The van der Waals surface area contributed by atoms with Crippen LogP contribution in [0, 0.1) is 11.3 Å². The SMILES string of the molecule is N#CC1=CC(n2c3ccc(-c4ccccc4)cc3c3c4ccccc4ccc32)CC=C1Nc1ccccc1-c1ccccc1. The Hall–Kier alpha value is -5.85. The molecule has 1 atom stereocenters. The summed E-state index contributed by atoms with van der Waals surface area (Å²) in [6, 6.07) is 51.6. The van der Waals surface area contributed by atoms with Gasteiger partial charge in [0.25, 0.3) is 0 Å². The van der Waals surface area contributed by atoms with Crippen molar-refractivity contribution in [2.45, 2.75) is 12.5 Å². The van der Waals surface area contributed by atoms with Gasteiger partial charge in [0.15, 0.2) is 0 Å². The van der Waals surface area contributed by atoms with Gasteiger partial charge in [-0.2, -0.15) is 5.26 Å². The van der Waals surface area contributed by atoms with Gasteiger partial charge in [0, 0.05) is 27.5 Å². The smallest absolute Gasteiger partial charge is 0.101 e. The van der Waals surface area contributed by atoms with Crippen molar-refractivity contribution in [3.63, 3.8) is 0 Å². The van der Waals surface area contributed by atoms with Gasteiger partial charge in [-0.05, 0) is 64.2 Å². The van der Waals surface area contributed by atoms with Crippen molar-refractivity contribution in [2.75, 3.05) is 5.32 Å². The Morgan fingerprint density at radius 1 is 0.636 bits per heavy atom. The summed E-state index contributed by atoms with van der Waals surface area (Å²) in [5.74, 6) is 0. The van der Waals surface area contributed by atoms with Gasteiger partial charge in [-0.15, -0.1) is 0 Å². The molecule has 0 spiro atoms. The first-order chi connectivity index (χ1) is 21.8. The van der Waals surface area contributed by atoms with Gasteiger partial charge in [0.1, 0.15) is 6.07 Å². The van der Waals surface area contributed by atoms with Crippen molar-refractivity contribution in [1.29, 1.82) is 5.26 Å². The molecule has 0 saturated carbocycles. The van der Waals surface area contributed by atoms with Crippen molar-refractivity contribution >= 4 is 38.3 Å². The van der Waals surface area contributed by atoms with E-state index in [2.05, 4.69) is 155 Å². The molecule has 1 aliphatic carbocycles. The van der Waals surface area contributed by atoms with E-state index in [-0.39, 0.29) is 6.04 Å². The van der Waals surface area contributed by atoms with E-state index in [1.54, 1.807) is 0 Å². The highest BCUT2D eigenvalue weighted by Gasteiger charge is 2.23. The summed E-state index contributed by atoms with van der Waals surface area (Å²) in [4.78, 5) is 0. The maximum Gasteiger partial charge on any atom is 0.101 e. The van der Waals surface area contributed by atoms with E-state index in [9.17, 15) is 5.26 Å². The summed E-state index contributed by atoms with van der Waals surface area (Å²) in [5, 5.41) is 18.9. The molecule has 1 heterocycles. The third kappa shape index (κ3) is 4.37. The standard InChI is InChI=1S/C41H29N3/c42-27-32-25-33(21-22-37(32)43-38-18-10-9-16-34(38)29-13-5-2-6-14-29)44-39-23-20-31(28-11-3-1-4-12-28)26-36(39)41-35-17-8-7-15-30(35)19-24-40(41)44/h1-20,22-26,33,43H,21H2. The van der Waals surface area contributed by atoms with Gasteiger partial charge < -0.3 is 9.88 Å². The Balaban J connectivity index is 1.24. The van der Waals surface area contributed by atoms with Crippen LogP contribution in [0.25, 0.3) is 54.8 Å². The number of hydrogen-bond acceptors (Lipinski definition) is 2. The van der Waals surface area contributed by atoms with E-state index in [0.717, 1.165) is 28.9 Å². The minimum Gasteiger partial charge on any atom is -0.354 e. The zero-order valence-electron chi connectivity index (χ0n) is 24.1. The topological polar surface area (TPSA) is 40.8 Å². The Morgan fingerprint density at radius 2 is 1.34 bits per heavy atom. The molecule has 3 nitrogen and oxygen atoms in total. The highest BCUT2D eigenvalue weighted by molar-refractivity contribution is 6.21. The fourth-order valence-corrected chi connectivity index (χ4v) is 6.69. The van der Waals surface area contributed by atoms with Crippen molar-refractivity contribution in [1.82, 2.24) is 4.57 Å². The molecule has 8 rings (SSSR count). The number of nitriles is 1. The monoisotopic (exact) mass is 563 g/mol. The van der Waals surface area contributed by atoms with Crippen LogP contribution < -0.4 is 5.32 Å². The lowest BCUT2D eigenvalue weighted by atomic mass is 9.98. The number of fused-ring (bicyclic) bond motifs is 5. The van der Waals surface area contributed by atoms with Gasteiger partial charge >= 0.3 is 0 Å². The van der Waals surface area contributed by atoms with Crippen LogP contribution in [-0.4, -0.2) is 4.57 Å². The minimum absolute atomic E-state index is 0.00306. The molecular weight excluding hydrogens is 534 g/mol. The van der Waals surface area contributed by atoms with Crippen molar-refractivity contribution in [3.05, 3.63) is 163 Å². The molecule has 3 heteroatoms. The molecule has 6 aromatic carbocycles. The van der Waals surface area contributed by atoms with Crippen LogP contribution in [0.5, 0.6) is 0 Å². The van der Waals surface area contributed by atoms with Crippen molar-refractivity contribution in [3.8, 4) is 28.3 Å². The number of rotatable bonds is 5. The van der Waals surface area contributed by atoms with E-state index in [1.807, 2.05) is 12.1 Å². The Bertz CT molecular complexity index is 2280. The molecule has 0 aliphatic heterocycles. The quantitative estimate of drug-likeness (QED) is 0.226. The van der Waals surface area contributed by atoms with Gasteiger partial charge in [0.2, 0.25) is 0 Å². The first-order valence-corrected chi connectivity index (χ1v) is 15.0. The molecular formula is C41H29N3. The normalized spacial score (nSPS) is 14.8. The second-order valence-corrected chi connectivity index (χ2v) is 11.3. The summed E-state index contributed by atoms with van der Waals surface area (Å²) in [5.41, 5.74) is 9.50. The highest BCUT2D eigenvalue weighted by atomic mass is 15.0. The molecule has 208 valence electrons. The Morgan fingerprint density at radius 3 is 2.16 bits per heavy atom. The number of nitrogens with one attached hydrogen (secondary N) is 1. The van der Waals surface area contributed by atoms with Gasteiger partial charge in [-0.3, -0.25) is 0 Å². The first kappa shape index (κ1) is 25.8. The molecule has 1 aliphatic rings. The van der Waals surface area contributed by atoms with Crippen molar-refractivity contribution < 1.29 is 0 Å². The number of anilines is 1. The van der Waals surface area contributed by atoms with E-state index in [4.69, 9.17) is 0 Å². The van der Waals surface area contributed by atoms with Crippen molar-refractivity contribution in [2.24, 2.45) is 0 Å². The number of aromatic nitrogens is 1. The predicted molar refractivity (Wildman–Crippen MR) is 183 cm³/mol. The van der Waals surface area contributed by atoms with Crippen LogP contribution in [0.15, 0.2) is 163 Å². The number of hydrogen-bond donors (Lipinski definition) is 1. The number of para-hydroxylation sites is 1. The fourth-order valence-electron chi connectivity index (χ4n) is 6.69. The average molecular weight is 564 g/mol. The second-order valence-electron chi connectivity index (χ2n) is 11.3. The maximum absolute atomic E-state index is 10.4. The summed E-state index contributed by atoms with van der Waals surface area (Å²) in [6.07, 6.45) is 5.09. The van der Waals surface area contributed by atoms with Crippen LogP contribution in [0.1, 0.15) is 12.5 Å². The Labute approximate surface area is 256 Å². The van der Waals surface area contributed by atoms with E-state index in [0.29, 0.717) is 5.57 Å². The van der Waals surface area contributed by atoms with E-state index in [1.165, 1.54) is 43.7 Å². The number of allylic oxidation sites excluding steroid dienone is 3. The average Bonchev–Trinajstić information content (AvgIpc) is 3.43. The molecule has 0 bridgehead atoms. The predicted octanol–water partition coefficient (Wildman–Crippen LogP) is 10.7. The zero-order valence-corrected chi connectivity index (χ0v) is 24.1. The second kappa shape index (κ2) is 10.8. The van der Waals surface area contributed by atoms with Crippen LogP contribution in [-0.2, 0) is 0 Å². The summed E-state index contributed by atoms with van der Waals surface area (Å²) in [7, 11) is 0. The fraction of sp³-hybridized carbons (Fsp3) is 0.0488. The number of nitrogens with zero attached hydrogens (tertiary/aromatic N) is 2. The highest BCUT2D eigenvalue weighted by Crippen LogP contribution is 2.41. The van der Waals surface area contributed by atoms with Gasteiger partial charge in [0.05, 0.1) is 22.8 Å². The number of benzene rings is 6. The first-order valence-electron chi connectivity index (χ1n) is 15.0. The van der Waals surface area contributed by atoms with Crippen LogP contribution in [0.4, 0.5) is 5.69 Å². The molecule has 0 saturated heterocycles. The Kier molecular flexibility index (Phi) is 6.32. The maximum atomic E-state index is 10.4. The lowest BCUT2D eigenvalue weighted by Gasteiger charge is -2.24. The summed E-state index contributed by atoms with van der Waals surface area (Å²) in [6.45, 7) is 0. The van der Waals surface area contributed by atoms with Gasteiger partial charge in [-0.1, -0.05) is 121 Å². The van der Waals surface area contributed by atoms with Crippen LogP contribution >= 0.6 is 0 Å². The minimum atomic E-state index is 0.00306. The van der Waals surface area contributed by atoms with E-state index >= 15 is 0 Å². The molecule has 1 unspecified atom stereocenters. The molecule has 0 amide bonds. The molecule has 1 aromatic heterocycles. The molecule has 7 aromatic rings. The summed E-state index contributed by atoms with van der Waals surface area (Å²) >= 11 is 0. The third-order valence-electron chi connectivity index (χ3n) is 8.75. The van der Waals surface area contributed by atoms with Crippen LogP contribution in [0.3, 0.4) is 0 Å². The molecule has 1 N–H and O–H groups in total. The van der Waals surface area contributed by atoms with E-state index < -0.39 is 0 Å². The summed E-state index contributed by atoms with van der Waals surface area (Å²) < 4.78 is 2.43. The third-order valence-corrected chi connectivity index (χ3v) is 8.75.